The molecule has 2 rings (SSSR count). The maximum Gasteiger partial charge on any atom is 0.227 e. The van der Waals surface area contributed by atoms with Crippen LogP contribution in [0.4, 0.5) is 0 Å². The van der Waals surface area contributed by atoms with E-state index in [1.807, 2.05) is 18.7 Å². The minimum atomic E-state index is 0.107. The van der Waals surface area contributed by atoms with Crippen molar-refractivity contribution < 1.29 is 14.1 Å². The van der Waals surface area contributed by atoms with Crippen molar-refractivity contribution in [2.75, 3.05) is 33.4 Å². The van der Waals surface area contributed by atoms with Gasteiger partial charge in [-0.05, 0) is 33.2 Å². The smallest absolute Gasteiger partial charge is 0.227 e. The van der Waals surface area contributed by atoms with Crippen molar-refractivity contribution in [3.8, 4) is 0 Å². The number of carbonyl (C=O) groups is 1. The first-order chi connectivity index (χ1) is 10.1. The minimum absolute atomic E-state index is 0.107. The average Bonchev–Trinajstić information content (AvgIpc) is 3.08. The van der Waals surface area contributed by atoms with Gasteiger partial charge in [0.05, 0.1) is 18.7 Å². The van der Waals surface area contributed by atoms with Crippen LogP contribution >= 0.6 is 0 Å². The van der Waals surface area contributed by atoms with Crippen LogP contribution in [0.3, 0.4) is 0 Å². The van der Waals surface area contributed by atoms with Crippen LogP contribution in [0.1, 0.15) is 29.9 Å². The van der Waals surface area contributed by atoms with Crippen molar-refractivity contribution in [2.45, 2.75) is 39.2 Å². The van der Waals surface area contributed by atoms with Crippen LogP contribution < -0.4 is 5.32 Å². The zero-order valence-corrected chi connectivity index (χ0v) is 13.1. The number of methoxy groups -OCH3 is 1. The number of hydrogen-bond donors (Lipinski definition) is 1. The molecular weight excluding hydrogens is 270 g/mol. The number of rotatable bonds is 7. The lowest BCUT2D eigenvalue weighted by Crippen LogP contribution is -2.43. The monoisotopic (exact) mass is 295 g/mol. The molecule has 1 saturated heterocycles. The number of hydrogen-bond acceptors (Lipinski definition) is 5. The molecule has 1 aromatic rings. The molecule has 1 aliphatic rings. The Labute approximate surface area is 125 Å². The van der Waals surface area contributed by atoms with Crippen LogP contribution in [0.2, 0.25) is 0 Å². The van der Waals surface area contributed by atoms with Gasteiger partial charge in [-0.1, -0.05) is 5.16 Å². The van der Waals surface area contributed by atoms with Gasteiger partial charge in [-0.3, -0.25) is 4.79 Å². The first kappa shape index (κ1) is 16.0. The number of nitrogens with one attached hydrogen (secondary N) is 1. The second kappa shape index (κ2) is 7.56. The van der Waals surface area contributed by atoms with Crippen molar-refractivity contribution in [1.29, 1.82) is 0 Å². The summed E-state index contributed by atoms with van der Waals surface area (Å²) in [5.74, 6) is 0.835. The van der Waals surface area contributed by atoms with Crippen LogP contribution in [-0.2, 0) is 16.0 Å². The second-order valence-corrected chi connectivity index (χ2v) is 5.61. The van der Waals surface area contributed by atoms with E-state index in [-0.39, 0.29) is 5.91 Å². The number of ether oxygens (including phenoxy) is 1. The lowest BCUT2D eigenvalue weighted by Gasteiger charge is -2.25. The molecule has 21 heavy (non-hydrogen) atoms. The average molecular weight is 295 g/mol. The Morgan fingerprint density at radius 1 is 1.52 bits per heavy atom. The predicted octanol–water partition coefficient (Wildman–Crippen LogP) is 1.06. The topological polar surface area (TPSA) is 67.6 Å². The predicted molar refractivity (Wildman–Crippen MR) is 79.2 cm³/mol. The molecule has 6 nitrogen and oxygen atoms in total. The molecule has 0 bridgehead atoms. The highest BCUT2D eigenvalue weighted by molar-refractivity contribution is 5.79. The summed E-state index contributed by atoms with van der Waals surface area (Å²) >= 11 is 0. The van der Waals surface area contributed by atoms with Gasteiger partial charge in [0.2, 0.25) is 5.91 Å². The molecule has 1 N–H and O–H groups in total. The van der Waals surface area contributed by atoms with Gasteiger partial charge in [0.15, 0.2) is 0 Å². The summed E-state index contributed by atoms with van der Waals surface area (Å²) in [6, 6.07) is 0.399. The summed E-state index contributed by atoms with van der Waals surface area (Å²) < 4.78 is 10.3. The standard InChI is InChI=1S/C15H25N3O3/c1-11-14(12(2)21-17-11)9-15(19)18(7-8-20-3)10-13-5-4-6-16-13/h13,16H,4-10H2,1-3H3. The van der Waals surface area contributed by atoms with E-state index < -0.39 is 0 Å². The molecule has 0 spiro atoms. The van der Waals surface area contributed by atoms with Crippen molar-refractivity contribution in [3.63, 3.8) is 0 Å². The fraction of sp³-hybridized carbons (Fsp3) is 0.733. The van der Waals surface area contributed by atoms with E-state index in [1.54, 1.807) is 7.11 Å². The van der Waals surface area contributed by atoms with Gasteiger partial charge >= 0.3 is 0 Å². The molecule has 0 saturated carbocycles. The number of carbonyl (C=O) groups excluding carboxylic acids is 1. The van der Waals surface area contributed by atoms with Gasteiger partial charge < -0.3 is 19.5 Å². The molecule has 1 atom stereocenters. The lowest BCUT2D eigenvalue weighted by atomic mass is 10.1. The third-order valence-corrected chi connectivity index (χ3v) is 4.03. The summed E-state index contributed by atoms with van der Waals surface area (Å²) in [6.45, 7) is 6.68. The fourth-order valence-electron chi connectivity index (χ4n) is 2.72. The Balaban J connectivity index is 1.99. The van der Waals surface area contributed by atoms with Crippen LogP contribution in [0.5, 0.6) is 0 Å². The van der Waals surface area contributed by atoms with E-state index in [1.165, 1.54) is 6.42 Å². The molecule has 1 aromatic heterocycles. The first-order valence-electron chi connectivity index (χ1n) is 7.53. The van der Waals surface area contributed by atoms with Gasteiger partial charge in [-0.2, -0.15) is 0 Å². The highest BCUT2D eigenvalue weighted by atomic mass is 16.5. The fourth-order valence-corrected chi connectivity index (χ4v) is 2.72. The minimum Gasteiger partial charge on any atom is -0.383 e. The Morgan fingerprint density at radius 3 is 2.90 bits per heavy atom. The van der Waals surface area contributed by atoms with E-state index in [0.29, 0.717) is 25.6 Å². The van der Waals surface area contributed by atoms with Gasteiger partial charge in [0.25, 0.3) is 0 Å². The quantitative estimate of drug-likeness (QED) is 0.815. The molecule has 6 heteroatoms. The molecule has 0 radical (unpaired) electrons. The second-order valence-electron chi connectivity index (χ2n) is 5.61. The molecule has 0 aliphatic carbocycles. The SMILES string of the molecule is COCCN(CC1CCCN1)C(=O)Cc1c(C)noc1C. The number of aryl methyl sites for hydroxylation is 2. The summed E-state index contributed by atoms with van der Waals surface area (Å²) in [5, 5.41) is 7.35. The summed E-state index contributed by atoms with van der Waals surface area (Å²) in [5.41, 5.74) is 1.70. The largest absolute Gasteiger partial charge is 0.383 e. The Kier molecular flexibility index (Phi) is 5.76. The number of nitrogens with zero attached hydrogens (tertiary/aromatic N) is 2. The van der Waals surface area contributed by atoms with Gasteiger partial charge in [-0.15, -0.1) is 0 Å². The van der Waals surface area contributed by atoms with Gasteiger partial charge in [-0.25, -0.2) is 0 Å². The molecule has 1 aliphatic heterocycles. The zero-order chi connectivity index (χ0) is 15.2. The van der Waals surface area contributed by atoms with E-state index in [9.17, 15) is 4.79 Å². The third kappa shape index (κ3) is 4.28. The molecule has 118 valence electrons. The Morgan fingerprint density at radius 2 is 2.33 bits per heavy atom. The van der Waals surface area contributed by atoms with Crippen LogP contribution in [0.15, 0.2) is 4.52 Å². The van der Waals surface area contributed by atoms with Gasteiger partial charge in [0, 0.05) is 31.8 Å². The van der Waals surface area contributed by atoms with E-state index in [4.69, 9.17) is 9.26 Å². The van der Waals surface area contributed by atoms with Crippen LogP contribution in [-0.4, -0.2) is 55.4 Å². The highest BCUT2D eigenvalue weighted by Gasteiger charge is 2.23. The van der Waals surface area contributed by atoms with Gasteiger partial charge in [0.1, 0.15) is 5.76 Å². The molecule has 1 fully saturated rings. The van der Waals surface area contributed by atoms with Crippen molar-refractivity contribution in [1.82, 2.24) is 15.4 Å². The first-order valence-corrected chi connectivity index (χ1v) is 7.53. The van der Waals surface area contributed by atoms with Crippen LogP contribution in [0, 0.1) is 13.8 Å². The summed E-state index contributed by atoms with van der Waals surface area (Å²) in [4.78, 5) is 14.5. The molecule has 0 aromatic carbocycles. The lowest BCUT2D eigenvalue weighted by molar-refractivity contribution is -0.131. The van der Waals surface area contributed by atoms with E-state index >= 15 is 0 Å². The molecule has 2 heterocycles. The maximum absolute atomic E-state index is 12.6. The number of aromatic nitrogens is 1. The molecular formula is C15H25N3O3. The summed E-state index contributed by atoms with van der Waals surface area (Å²) in [6.07, 6.45) is 2.65. The normalized spacial score (nSPS) is 18.1. The van der Waals surface area contributed by atoms with Crippen molar-refractivity contribution in [3.05, 3.63) is 17.0 Å². The number of amides is 1. The Bertz CT molecular complexity index is 447. The molecule has 1 unspecified atom stereocenters. The highest BCUT2D eigenvalue weighted by Crippen LogP contribution is 2.15. The van der Waals surface area contributed by atoms with Crippen molar-refractivity contribution >= 4 is 5.91 Å². The summed E-state index contributed by atoms with van der Waals surface area (Å²) in [7, 11) is 1.66. The third-order valence-electron chi connectivity index (χ3n) is 4.03. The van der Waals surface area contributed by atoms with Crippen molar-refractivity contribution in [2.24, 2.45) is 0 Å². The maximum atomic E-state index is 12.6. The molecule has 1 amide bonds. The van der Waals surface area contributed by atoms with E-state index in [2.05, 4.69) is 10.5 Å². The zero-order valence-electron chi connectivity index (χ0n) is 13.1. The Hall–Kier alpha value is -1.40. The van der Waals surface area contributed by atoms with Crippen LogP contribution in [0.25, 0.3) is 0 Å². The van der Waals surface area contributed by atoms with E-state index in [0.717, 1.165) is 36.5 Å².